The zero-order valence-electron chi connectivity index (χ0n) is 12.5. The second-order valence-electron chi connectivity index (χ2n) is 6.02. The van der Waals surface area contributed by atoms with Gasteiger partial charge in [0.2, 0.25) is 0 Å². The van der Waals surface area contributed by atoms with Gasteiger partial charge in [-0.3, -0.25) is 0 Å². The summed E-state index contributed by atoms with van der Waals surface area (Å²) in [5.74, 6) is 0. The summed E-state index contributed by atoms with van der Waals surface area (Å²) in [6, 6.07) is 0. The Morgan fingerprint density at radius 1 is 1.32 bits per heavy atom. The van der Waals surface area contributed by atoms with Crippen molar-refractivity contribution in [3.63, 3.8) is 0 Å². The topological polar surface area (TPSA) is 61.7 Å². The van der Waals surface area contributed by atoms with E-state index in [1.807, 2.05) is 0 Å². The van der Waals surface area contributed by atoms with Crippen molar-refractivity contribution in [1.29, 1.82) is 0 Å². The summed E-state index contributed by atoms with van der Waals surface area (Å²) in [6.07, 6.45) is 7.62. The fraction of sp³-hybridized carbons (Fsp3) is 1.00. The van der Waals surface area contributed by atoms with Gasteiger partial charge < -0.3 is 20.3 Å². The number of aliphatic hydroxyl groups is 2. The summed E-state index contributed by atoms with van der Waals surface area (Å²) in [4.78, 5) is 0. The molecule has 0 heterocycles. The van der Waals surface area contributed by atoms with Crippen molar-refractivity contribution in [2.24, 2.45) is 0 Å². The molecule has 19 heavy (non-hydrogen) atoms. The van der Waals surface area contributed by atoms with E-state index in [2.05, 4.69) is 19.2 Å². The van der Waals surface area contributed by atoms with Crippen molar-refractivity contribution in [1.82, 2.24) is 5.32 Å². The Balaban J connectivity index is 2.17. The van der Waals surface area contributed by atoms with Gasteiger partial charge in [0.25, 0.3) is 0 Å². The Morgan fingerprint density at radius 2 is 2.00 bits per heavy atom. The van der Waals surface area contributed by atoms with E-state index < -0.39 is 6.10 Å². The molecule has 0 spiro atoms. The van der Waals surface area contributed by atoms with Crippen molar-refractivity contribution in [3.8, 4) is 0 Å². The Bertz CT molecular complexity index is 231. The summed E-state index contributed by atoms with van der Waals surface area (Å²) in [5.41, 5.74) is -0.0967. The van der Waals surface area contributed by atoms with Crippen LogP contribution in [0.2, 0.25) is 0 Å². The lowest BCUT2D eigenvalue weighted by molar-refractivity contribution is -0.0251. The highest BCUT2D eigenvalue weighted by Crippen LogP contribution is 2.20. The largest absolute Gasteiger partial charge is 0.396 e. The smallest absolute Gasteiger partial charge is 0.0898 e. The predicted octanol–water partition coefficient (Wildman–Crippen LogP) is 1.84. The first kappa shape index (κ1) is 16.9. The summed E-state index contributed by atoms with van der Waals surface area (Å²) >= 11 is 0. The fourth-order valence-corrected chi connectivity index (χ4v) is 2.54. The van der Waals surface area contributed by atoms with E-state index >= 15 is 0 Å². The molecule has 1 aliphatic rings. The first-order chi connectivity index (χ1) is 9.09. The SMILES string of the molecule is CCC(C)(CCO)NCC(O)COC1CCCCC1. The second kappa shape index (κ2) is 8.90. The third kappa shape index (κ3) is 6.70. The van der Waals surface area contributed by atoms with Crippen LogP contribution < -0.4 is 5.32 Å². The quantitative estimate of drug-likeness (QED) is 0.600. The van der Waals surface area contributed by atoms with E-state index in [0.717, 1.165) is 19.3 Å². The van der Waals surface area contributed by atoms with Gasteiger partial charge in [-0.1, -0.05) is 26.2 Å². The Morgan fingerprint density at radius 3 is 2.58 bits per heavy atom. The molecule has 0 aromatic heterocycles. The minimum absolute atomic E-state index is 0.0967. The van der Waals surface area contributed by atoms with Crippen LogP contribution >= 0.6 is 0 Å². The maximum absolute atomic E-state index is 9.96. The average Bonchev–Trinajstić information content (AvgIpc) is 2.44. The molecule has 0 aromatic rings. The standard InChI is InChI=1S/C15H31NO3/c1-3-15(2,9-10-17)16-11-13(18)12-19-14-7-5-4-6-8-14/h13-14,16-18H,3-12H2,1-2H3. The van der Waals surface area contributed by atoms with Crippen molar-refractivity contribution in [2.45, 2.75) is 76.5 Å². The van der Waals surface area contributed by atoms with Gasteiger partial charge >= 0.3 is 0 Å². The number of hydrogen-bond acceptors (Lipinski definition) is 4. The average molecular weight is 273 g/mol. The van der Waals surface area contributed by atoms with Crippen molar-refractivity contribution in [3.05, 3.63) is 0 Å². The third-order valence-electron chi connectivity index (χ3n) is 4.28. The highest BCUT2D eigenvalue weighted by atomic mass is 16.5. The monoisotopic (exact) mass is 273 g/mol. The maximum Gasteiger partial charge on any atom is 0.0898 e. The van der Waals surface area contributed by atoms with Crippen LogP contribution in [0.15, 0.2) is 0 Å². The van der Waals surface area contributed by atoms with Gasteiger partial charge in [-0.2, -0.15) is 0 Å². The molecule has 1 aliphatic carbocycles. The van der Waals surface area contributed by atoms with Crippen LogP contribution in [0.5, 0.6) is 0 Å². The van der Waals surface area contributed by atoms with Crippen LogP contribution in [0.3, 0.4) is 0 Å². The van der Waals surface area contributed by atoms with Crippen LogP contribution in [0.25, 0.3) is 0 Å². The molecule has 1 fully saturated rings. The van der Waals surface area contributed by atoms with E-state index in [9.17, 15) is 5.11 Å². The van der Waals surface area contributed by atoms with E-state index in [0.29, 0.717) is 25.7 Å². The highest BCUT2D eigenvalue weighted by Gasteiger charge is 2.22. The van der Waals surface area contributed by atoms with Crippen molar-refractivity contribution in [2.75, 3.05) is 19.8 Å². The minimum Gasteiger partial charge on any atom is -0.396 e. The Labute approximate surface area is 117 Å². The summed E-state index contributed by atoms with van der Waals surface area (Å²) in [7, 11) is 0. The van der Waals surface area contributed by atoms with Gasteiger partial charge in [0.05, 0.1) is 18.8 Å². The van der Waals surface area contributed by atoms with Gasteiger partial charge in [0.1, 0.15) is 0 Å². The zero-order valence-corrected chi connectivity index (χ0v) is 12.5. The van der Waals surface area contributed by atoms with Gasteiger partial charge in [-0.15, -0.1) is 0 Å². The fourth-order valence-electron chi connectivity index (χ4n) is 2.54. The molecule has 0 aromatic carbocycles. The summed E-state index contributed by atoms with van der Waals surface area (Å²) in [5, 5.41) is 22.3. The van der Waals surface area contributed by atoms with Gasteiger partial charge in [-0.05, 0) is 32.6 Å². The lowest BCUT2D eigenvalue weighted by Gasteiger charge is -2.31. The van der Waals surface area contributed by atoms with Gasteiger partial charge in [0.15, 0.2) is 0 Å². The summed E-state index contributed by atoms with van der Waals surface area (Å²) in [6.45, 7) is 5.28. The Hall–Kier alpha value is -0.160. The first-order valence-corrected chi connectivity index (χ1v) is 7.75. The normalized spacial score (nSPS) is 22.1. The molecule has 2 unspecified atom stereocenters. The lowest BCUT2D eigenvalue weighted by atomic mass is 9.95. The van der Waals surface area contributed by atoms with Crippen LogP contribution in [0.4, 0.5) is 0 Å². The molecule has 3 N–H and O–H groups in total. The number of rotatable bonds is 9. The number of aliphatic hydroxyl groups excluding tert-OH is 2. The molecule has 114 valence electrons. The summed E-state index contributed by atoms with van der Waals surface area (Å²) < 4.78 is 5.76. The van der Waals surface area contributed by atoms with Gasteiger partial charge in [-0.25, -0.2) is 0 Å². The molecule has 1 rings (SSSR count). The molecule has 1 saturated carbocycles. The van der Waals surface area contributed by atoms with Crippen LogP contribution in [-0.4, -0.2) is 47.7 Å². The molecular weight excluding hydrogens is 242 g/mol. The number of ether oxygens (including phenoxy) is 1. The van der Waals surface area contributed by atoms with Crippen LogP contribution in [0.1, 0.15) is 58.8 Å². The van der Waals surface area contributed by atoms with Crippen LogP contribution in [-0.2, 0) is 4.74 Å². The predicted molar refractivity (Wildman–Crippen MR) is 77.2 cm³/mol. The van der Waals surface area contributed by atoms with Gasteiger partial charge in [0, 0.05) is 18.7 Å². The van der Waals surface area contributed by atoms with Crippen molar-refractivity contribution < 1.29 is 14.9 Å². The molecular formula is C15H31NO3. The number of nitrogens with one attached hydrogen (secondary N) is 1. The number of hydrogen-bond donors (Lipinski definition) is 3. The molecule has 4 heteroatoms. The lowest BCUT2D eigenvalue weighted by Crippen LogP contribution is -2.47. The molecule has 0 radical (unpaired) electrons. The molecule has 4 nitrogen and oxygen atoms in total. The van der Waals surface area contributed by atoms with E-state index in [4.69, 9.17) is 9.84 Å². The highest BCUT2D eigenvalue weighted by molar-refractivity contribution is 4.82. The van der Waals surface area contributed by atoms with E-state index in [1.165, 1.54) is 19.3 Å². The molecule has 0 saturated heterocycles. The number of β-amino-alcohol motifs (C(OH)–C–C–N with tert-alkyl or cyclic N) is 1. The van der Waals surface area contributed by atoms with E-state index in [-0.39, 0.29) is 12.1 Å². The molecule has 0 aliphatic heterocycles. The van der Waals surface area contributed by atoms with Crippen molar-refractivity contribution >= 4 is 0 Å². The minimum atomic E-state index is -0.466. The molecule has 2 atom stereocenters. The molecule has 0 amide bonds. The van der Waals surface area contributed by atoms with E-state index in [1.54, 1.807) is 0 Å². The first-order valence-electron chi connectivity index (χ1n) is 7.75. The third-order valence-corrected chi connectivity index (χ3v) is 4.28. The molecule has 0 bridgehead atoms. The maximum atomic E-state index is 9.96. The zero-order chi connectivity index (χ0) is 14.1. The Kier molecular flexibility index (Phi) is 7.91. The van der Waals surface area contributed by atoms with Crippen LogP contribution in [0, 0.1) is 0 Å². The second-order valence-corrected chi connectivity index (χ2v) is 6.02.